The van der Waals surface area contributed by atoms with Crippen molar-refractivity contribution in [3.63, 3.8) is 0 Å². The predicted octanol–water partition coefficient (Wildman–Crippen LogP) is 2.91. The van der Waals surface area contributed by atoms with E-state index in [0.29, 0.717) is 29.2 Å². The van der Waals surface area contributed by atoms with E-state index in [1.807, 2.05) is 30.3 Å². The molecule has 0 bridgehead atoms. The first-order chi connectivity index (χ1) is 12.0. The van der Waals surface area contributed by atoms with E-state index in [1.165, 1.54) is 12.4 Å². The van der Waals surface area contributed by atoms with E-state index in [0.717, 1.165) is 9.65 Å². The third-order valence-corrected chi connectivity index (χ3v) is 5.26. The van der Waals surface area contributed by atoms with Crippen LogP contribution in [0.25, 0.3) is 11.1 Å². The van der Waals surface area contributed by atoms with Gasteiger partial charge in [0.1, 0.15) is 12.4 Å². The fraction of sp³-hybridized carbons (Fsp3) is 0.167. The number of hydrogen-bond acceptors (Lipinski definition) is 5. The van der Waals surface area contributed by atoms with Crippen molar-refractivity contribution in [2.45, 2.75) is 13.5 Å². The molecule has 0 unspecified atom stereocenters. The summed E-state index contributed by atoms with van der Waals surface area (Å²) in [6, 6.07) is 15.1. The Balaban J connectivity index is 1.92. The number of ether oxygens (including phenoxy) is 1. The van der Waals surface area contributed by atoms with E-state index in [9.17, 15) is 8.42 Å². The normalized spacial score (nSPS) is 11.4. The SMILES string of the molecule is CCS(=O)(=O)n1cc(-c2cc(N)ccc2OCc2ccccc2)cn1. The fourth-order valence-corrected chi connectivity index (χ4v) is 3.09. The van der Waals surface area contributed by atoms with Crippen LogP contribution >= 0.6 is 0 Å². The summed E-state index contributed by atoms with van der Waals surface area (Å²) < 4.78 is 30.8. The Morgan fingerprint density at radius 1 is 1.16 bits per heavy atom. The van der Waals surface area contributed by atoms with Gasteiger partial charge in [0, 0.05) is 16.8 Å². The monoisotopic (exact) mass is 357 g/mol. The van der Waals surface area contributed by atoms with Crippen molar-refractivity contribution in [2.75, 3.05) is 11.5 Å². The first-order valence-electron chi connectivity index (χ1n) is 7.84. The number of hydrogen-bond donors (Lipinski definition) is 1. The molecule has 2 aromatic carbocycles. The third-order valence-electron chi connectivity index (χ3n) is 3.76. The second kappa shape index (κ2) is 6.98. The summed E-state index contributed by atoms with van der Waals surface area (Å²) in [5.41, 5.74) is 8.82. The Hall–Kier alpha value is -2.80. The van der Waals surface area contributed by atoms with Gasteiger partial charge >= 0.3 is 0 Å². The molecule has 0 fully saturated rings. The maximum absolute atomic E-state index is 12.0. The van der Waals surface area contributed by atoms with Crippen LogP contribution in [0, 0.1) is 0 Å². The van der Waals surface area contributed by atoms with Gasteiger partial charge in [-0.1, -0.05) is 30.3 Å². The van der Waals surface area contributed by atoms with E-state index in [1.54, 1.807) is 25.1 Å². The maximum Gasteiger partial charge on any atom is 0.253 e. The summed E-state index contributed by atoms with van der Waals surface area (Å²) in [5, 5.41) is 3.96. The van der Waals surface area contributed by atoms with Gasteiger partial charge in [0.2, 0.25) is 0 Å². The molecule has 25 heavy (non-hydrogen) atoms. The molecule has 6 nitrogen and oxygen atoms in total. The summed E-state index contributed by atoms with van der Waals surface area (Å²) in [5.74, 6) is 0.592. The van der Waals surface area contributed by atoms with Gasteiger partial charge in [-0.05, 0) is 30.7 Å². The number of nitrogens with two attached hydrogens (primary N) is 1. The van der Waals surface area contributed by atoms with Gasteiger partial charge in [0.05, 0.1) is 18.1 Å². The highest BCUT2D eigenvalue weighted by molar-refractivity contribution is 7.89. The lowest BCUT2D eigenvalue weighted by Gasteiger charge is -2.11. The first kappa shape index (κ1) is 17.0. The Morgan fingerprint density at radius 2 is 1.92 bits per heavy atom. The molecule has 0 radical (unpaired) electrons. The summed E-state index contributed by atoms with van der Waals surface area (Å²) in [7, 11) is -3.43. The molecule has 3 rings (SSSR count). The fourth-order valence-electron chi connectivity index (χ4n) is 2.36. The van der Waals surface area contributed by atoms with Crippen molar-refractivity contribution in [3.8, 4) is 16.9 Å². The molecule has 3 aromatic rings. The standard InChI is InChI=1S/C18H19N3O3S/c1-2-25(22,23)21-12-15(11-20-21)17-10-16(19)8-9-18(17)24-13-14-6-4-3-5-7-14/h3-12H,2,13,19H2,1H3. The molecule has 130 valence electrons. The van der Waals surface area contributed by atoms with Gasteiger partial charge in [-0.15, -0.1) is 0 Å². The number of rotatable bonds is 6. The highest BCUT2D eigenvalue weighted by atomic mass is 32.2. The third kappa shape index (κ3) is 3.83. The van der Waals surface area contributed by atoms with Crippen LogP contribution in [0.3, 0.4) is 0 Å². The average molecular weight is 357 g/mol. The molecule has 7 heteroatoms. The molecule has 0 atom stereocenters. The van der Waals surface area contributed by atoms with Crippen LogP contribution in [0.1, 0.15) is 12.5 Å². The van der Waals surface area contributed by atoms with Crippen molar-refractivity contribution in [1.82, 2.24) is 9.19 Å². The van der Waals surface area contributed by atoms with E-state index >= 15 is 0 Å². The molecule has 0 amide bonds. The maximum atomic E-state index is 12.0. The minimum atomic E-state index is -3.43. The van der Waals surface area contributed by atoms with Crippen molar-refractivity contribution in [1.29, 1.82) is 0 Å². The summed E-state index contributed by atoms with van der Waals surface area (Å²) >= 11 is 0. The average Bonchev–Trinajstić information content (AvgIpc) is 3.12. The van der Waals surface area contributed by atoms with E-state index < -0.39 is 10.0 Å². The quantitative estimate of drug-likeness (QED) is 0.686. The zero-order valence-corrected chi connectivity index (χ0v) is 14.6. The number of nitrogens with zero attached hydrogens (tertiary/aromatic N) is 2. The lowest BCUT2D eigenvalue weighted by atomic mass is 10.1. The number of nitrogen functional groups attached to an aromatic ring is 1. The van der Waals surface area contributed by atoms with Crippen molar-refractivity contribution >= 4 is 15.7 Å². The molecule has 0 aliphatic carbocycles. The molecule has 0 spiro atoms. The zero-order chi connectivity index (χ0) is 17.9. The zero-order valence-electron chi connectivity index (χ0n) is 13.8. The van der Waals surface area contributed by atoms with Crippen molar-refractivity contribution in [2.24, 2.45) is 0 Å². The molecule has 2 N–H and O–H groups in total. The molecule has 0 saturated carbocycles. The minimum absolute atomic E-state index is 0.0254. The Kier molecular flexibility index (Phi) is 4.76. The smallest absolute Gasteiger partial charge is 0.253 e. The van der Waals surface area contributed by atoms with Crippen molar-refractivity contribution < 1.29 is 13.2 Å². The molecular weight excluding hydrogens is 338 g/mol. The topological polar surface area (TPSA) is 87.2 Å². The highest BCUT2D eigenvalue weighted by Crippen LogP contribution is 2.32. The van der Waals surface area contributed by atoms with Crippen LogP contribution in [-0.4, -0.2) is 23.4 Å². The Labute approximate surface area is 146 Å². The van der Waals surface area contributed by atoms with Crippen LogP contribution in [-0.2, 0) is 16.6 Å². The molecule has 0 aliphatic rings. The summed E-state index contributed by atoms with van der Waals surface area (Å²) in [6.45, 7) is 1.98. The van der Waals surface area contributed by atoms with Gasteiger partial charge in [0.15, 0.2) is 0 Å². The molecule has 1 heterocycles. The highest BCUT2D eigenvalue weighted by Gasteiger charge is 2.15. The minimum Gasteiger partial charge on any atom is -0.488 e. The molecular formula is C18H19N3O3S. The van der Waals surface area contributed by atoms with E-state index in [4.69, 9.17) is 10.5 Å². The predicted molar refractivity (Wildman–Crippen MR) is 97.7 cm³/mol. The lowest BCUT2D eigenvalue weighted by molar-refractivity contribution is 0.307. The summed E-state index contributed by atoms with van der Waals surface area (Å²) in [4.78, 5) is 0. The van der Waals surface area contributed by atoms with Gasteiger partial charge in [-0.3, -0.25) is 0 Å². The lowest BCUT2D eigenvalue weighted by Crippen LogP contribution is -2.14. The largest absolute Gasteiger partial charge is 0.488 e. The van der Waals surface area contributed by atoms with Gasteiger partial charge in [0.25, 0.3) is 10.0 Å². The second-order valence-corrected chi connectivity index (χ2v) is 7.65. The number of aromatic nitrogens is 2. The Bertz CT molecular complexity index is 966. The van der Waals surface area contributed by atoms with Crippen LogP contribution in [0.2, 0.25) is 0 Å². The molecule has 0 aliphatic heterocycles. The van der Waals surface area contributed by atoms with Crippen LogP contribution in [0.15, 0.2) is 60.9 Å². The van der Waals surface area contributed by atoms with Gasteiger partial charge in [-0.25, -0.2) is 8.42 Å². The second-order valence-electron chi connectivity index (χ2n) is 5.53. The first-order valence-corrected chi connectivity index (χ1v) is 9.45. The van der Waals surface area contributed by atoms with E-state index in [-0.39, 0.29) is 5.75 Å². The van der Waals surface area contributed by atoms with Gasteiger partial charge in [-0.2, -0.15) is 9.19 Å². The van der Waals surface area contributed by atoms with Crippen LogP contribution < -0.4 is 10.5 Å². The van der Waals surface area contributed by atoms with Crippen molar-refractivity contribution in [3.05, 3.63) is 66.5 Å². The number of anilines is 1. The molecule has 1 aromatic heterocycles. The molecule has 0 saturated heterocycles. The van der Waals surface area contributed by atoms with Gasteiger partial charge < -0.3 is 10.5 Å². The number of benzene rings is 2. The summed E-state index contributed by atoms with van der Waals surface area (Å²) in [6.07, 6.45) is 2.97. The van der Waals surface area contributed by atoms with Crippen LogP contribution in [0.5, 0.6) is 5.75 Å². The Morgan fingerprint density at radius 3 is 2.64 bits per heavy atom. The van der Waals surface area contributed by atoms with Crippen LogP contribution in [0.4, 0.5) is 5.69 Å². The van der Waals surface area contributed by atoms with E-state index in [2.05, 4.69) is 5.10 Å².